The first-order valence-electron chi connectivity index (χ1n) is 12.9. The number of halogens is 3. The number of aromatic nitrogens is 2. The number of nitrogen functional groups attached to an aromatic ring is 1. The van der Waals surface area contributed by atoms with Gasteiger partial charge in [0.1, 0.15) is 11.6 Å². The van der Waals surface area contributed by atoms with E-state index >= 15 is 0 Å². The van der Waals surface area contributed by atoms with Gasteiger partial charge in [-0.25, -0.2) is 4.98 Å². The van der Waals surface area contributed by atoms with Crippen molar-refractivity contribution < 1.29 is 27.5 Å². The first-order valence-corrected chi connectivity index (χ1v) is 12.9. The van der Waals surface area contributed by atoms with Crippen molar-refractivity contribution in [2.45, 2.75) is 19.6 Å². The van der Waals surface area contributed by atoms with E-state index in [1.54, 1.807) is 0 Å². The van der Waals surface area contributed by atoms with Crippen molar-refractivity contribution in [1.29, 1.82) is 0 Å². The van der Waals surface area contributed by atoms with Crippen LogP contribution >= 0.6 is 0 Å². The lowest BCUT2D eigenvalue weighted by Crippen LogP contribution is -2.27. The molecule has 4 rings (SSSR count). The van der Waals surface area contributed by atoms with E-state index in [0.717, 1.165) is 23.4 Å². The fourth-order valence-electron chi connectivity index (χ4n) is 4.11. The first-order chi connectivity index (χ1) is 20.2. The minimum absolute atomic E-state index is 0.0114. The molecule has 0 aliphatic carbocycles. The smallest absolute Gasteiger partial charge is 0.410 e. The van der Waals surface area contributed by atoms with Crippen LogP contribution in [0.2, 0.25) is 0 Å². The van der Waals surface area contributed by atoms with Crippen LogP contribution in [0, 0.1) is 11.8 Å². The largest absolute Gasteiger partial charge is 0.416 e. The Morgan fingerprint density at radius 3 is 2.55 bits per heavy atom. The second kappa shape index (κ2) is 13.6. The number of ether oxygens (including phenoxy) is 1. The molecule has 0 saturated carbocycles. The maximum atomic E-state index is 13.8. The fourth-order valence-corrected chi connectivity index (χ4v) is 4.11. The molecule has 0 radical (unpaired) electrons. The molecule has 12 heteroatoms. The summed E-state index contributed by atoms with van der Waals surface area (Å²) in [6, 6.07) is 13.5. The quantitative estimate of drug-likeness (QED) is 0.126. The molecule has 0 bridgehead atoms. The predicted molar refractivity (Wildman–Crippen MR) is 153 cm³/mol. The van der Waals surface area contributed by atoms with Gasteiger partial charge >= 0.3 is 6.18 Å². The summed E-state index contributed by atoms with van der Waals surface area (Å²) in [5.41, 5.74) is 5.71. The number of hydrogen-bond acceptors (Lipinski definition) is 8. The third kappa shape index (κ3) is 7.60. The summed E-state index contributed by atoms with van der Waals surface area (Å²) >= 11 is 0. The fraction of sp³-hybridized carbons (Fsp3) is 0.200. The van der Waals surface area contributed by atoms with Gasteiger partial charge in [0.25, 0.3) is 12.4 Å². The molecule has 2 aromatic heterocycles. The molecular formula is C30H27F3N6O3. The Hall–Kier alpha value is -4.99. The molecule has 2 heterocycles. The van der Waals surface area contributed by atoms with Crippen molar-refractivity contribution >= 4 is 34.8 Å². The highest BCUT2D eigenvalue weighted by atomic mass is 19.4. The summed E-state index contributed by atoms with van der Waals surface area (Å²) in [6.07, 6.45) is -3.15. The third-order valence-electron chi connectivity index (χ3n) is 6.10. The molecule has 0 aliphatic rings. The zero-order chi connectivity index (χ0) is 30.1. The van der Waals surface area contributed by atoms with Gasteiger partial charge < -0.3 is 26.4 Å². The van der Waals surface area contributed by atoms with Gasteiger partial charge in [-0.2, -0.15) is 18.2 Å². The van der Waals surface area contributed by atoms with Crippen LogP contribution in [-0.2, 0) is 17.5 Å². The summed E-state index contributed by atoms with van der Waals surface area (Å²) < 4.78 is 46.3. The standard InChI is InChI=1S/C30H27F3N6O3/c1-2-35-11-12-36-16-22-10-9-20(15-25(22)30(31,32)33)29(41)39-26-13-19(14-27(38-26)42-18-40)7-8-21-17-37-28(34)24-6-4-3-5-23(21)24/h3-6,9-10,13-15,17-18,35-36H,2,11-12,16H2,1H3,(H2,34,37)(H,38,39,41). The number of carbonyl (C=O) groups excluding carboxylic acids is 2. The average molecular weight is 577 g/mol. The maximum absolute atomic E-state index is 13.8. The molecule has 0 aliphatic heterocycles. The number of pyridine rings is 2. The first kappa shape index (κ1) is 30.0. The van der Waals surface area contributed by atoms with E-state index in [2.05, 4.69) is 37.8 Å². The number of fused-ring (bicyclic) bond motifs is 1. The van der Waals surface area contributed by atoms with Gasteiger partial charge in [-0.1, -0.05) is 49.1 Å². The number of nitrogens with two attached hydrogens (primary N) is 1. The number of carbonyl (C=O) groups is 2. The van der Waals surface area contributed by atoms with Crippen molar-refractivity contribution in [3.63, 3.8) is 0 Å². The van der Waals surface area contributed by atoms with Gasteiger partial charge in [0.2, 0.25) is 5.88 Å². The SMILES string of the molecule is CCNCCNCc1ccc(C(=O)Nc2cc(C#Cc3cnc(N)c4ccccc34)cc(OC=O)n2)cc1C(F)(F)F. The third-order valence-corrected chi connectivity index (χ3v) is 6.10. The molecule has 0 unspecified atom stereocenters. The molecule has 0 spiro atoms. The number of hydrogen-bond donors (Lipinski definition) is 4. The minimum Gasteiger partial charge on any atom is -0.410 e. The summed E-state index contributed by atoms with van der Waals surface area (Å²) in [4.78, 5) is 32.1. The Labute approximate surface area is 239 Å². The molecular weight excluding hydrogens is 549 g/mol. The van der Waals surface area contributed by atoms with E-state index in [4.69, 9.17) is 10.5 Å². The molecule has 0 atom stereocenters. The second-order valence-electron chi connectivity index (χ2n) is 9.00. The van der Waals surface area contributed by atoms with Gasteiger partial charge in [-0.05, 0) is 30.3 Å². The van der Waals surface area contributed by atoms with E-state index in [1.807, 2.05) is 31.2 Å². The Balaban J connectivity index is 1.59. The van der Waals surface area contributed by atoms with Crippen LogP contribution in [0.25, 0.3) is 10.8 Å². The van der Waals surface area contributed by atoms with Gasteiger partial charge in [-0.15, -0.1) is 0 Å². The van der Waals surface area contributed by atoms with Crippen LogP contribution in [0.1, 0.15) is 39.5 Å². The van der Waals surface area contributed by atoms with Crippen molar-refractivity contribution in [2.24, 2.45) is 0 Å². The second-order valence-corrected chi connectivity index (χ2v) is 9.00. The Bertz CT molecular complexity index is 1660. The van der Waals surface area contributed by atoms with E-state index in [0.29, 0.717) is 30.0 Å². The van der Waals surface area contributed by atoms with Crippen LogP contribution in [-0.4, -0.2) is 42.0 Å². The highest BCUT2D eigenvalue weighted by Crippen LogP contribution is 2.33. The van der Waals surface area contributed by atoms with Crippen molar-refractivity contribution in [3.05, 3.63) is 88.6 Å². The monoisotopic (exact) mass is 576 g/mol. The number of nitrogens with one attached hydrogen (secondary N) is 3. The Morgan fingerprint density at radius 2 is 1.81 bits per heavy atom. The molecule has 9 nitrogen and oxygen atoms in total. The van der Waals surface area contributed by atoms with Crippen LogP contribution < -0.4 is 26.4 Å². The zero-order valence-corrected chi connectivity index (χ0v) is 22.5. The van der Waals surface area contributed by atoms with Crippen molar-refractivity contribution in [1.82, 2.24) is 20.6 Å². The van der Waals surface area contributed by atoms with E-state index in [-0.39, 0.29) is 35.8 Å². The molecule has 2 aromatic carbocycles. The number of rotatable bonds is 10. The Morgan fingerprint density at radius 1 is 1.05 bits per heavy atom. The normalized spacial score (nSPS) is 11.0. The lowest BCUT2D eigenvalue weighted by molar-refractivity contribution is -0.138. The summed E-state index contributed by atoms with van der Waals surface area (Å²) in [5.74, 6) is 5.18. The number of nitrogens with zero attached hydrogens (tertiary/aromatic N) is 2. The van der Waals surface area contributed by atoms with Crippen LogP contribution in [0.3, 0.4) is 0 Å². The summed E-state index contributed by atoms with van der Waals surface area (Å²) in [7, 11) is 0. The van der Waals surface area contributed by atoms with E-state index < -0.39 is 17.6 Å². The minimum atomic E-state index is -4.67. The molecule has 216 valence electrons. The molecule has 0 saturated heterocycles. The van der Waals surface area contributed by atoms with E-state index in [1.165, 1.54) is 30.5 Å². The van der Waals surface area contributed by atoms with Gasteiger partial charge in [-0.3, -0.25) is 9.59 Å². The maximum Gasteiger partial charge on any atom is 0.416 e. The molecule has 5 N–H and O–H groups in total. The highest BCUT2D eigenvalue weighted by Gasteiger charge is 2.34. The van der Waals surface area contributed by atoms with Crippen molar-refractivity contribution in [3.8, 4) is 17.7 Å². The lowest BCUT2D eigenvalue weighted by atomic mass is 10.0. The summed E-state index contributed by atoms with van der Waals surface area (Å²) in [6.45, 7) is 3.91. The zero-order valence-electron chi connectivity index (χ0n) is 22.5. The number of likely N-dealkylation sites (N-methyl/N-ethyl adjacent to an activating group) is 1. The average Bonchev–Trinajstić information content (AvgIpc) is 2.96. The number of alkyl halides is 3. The molecule has 42 heavy (non-hydrogen) atoms. The molecule has 0 fully saturated rings. The van der Waals surface area contributed by atoms with Crippen molar-refractivity contribution in [2.75, 3.05) is 30.7 Å². The molecule has 1 amide bonds. The lowest BCUT2D eigenvalue weighted by Gasteiger charge is -2.15. The topological polar surface area (TPSA) is 131 Å². The molecule has 4 aromatic rings. The van der Waals surface area contributed by atoms with Gasteiger partial charge in [0.15, 0.2) is 0 Å². The van der Waals surface area contributed by atoms with Crippen LogP contribution in [0.5, 0.6) is 5.88 Å². The van der Waals surface area contributed by atoms with Crippen LogP contribution in [0.15, 0.2) is 60.8 Å². The summed E-state index contributed by atoms with van der Waals surface area (Å²) in [5, 5.41) is 10.0. The highest BCUT2D eigenvalue weighted by molar-refractivity contribution is 6.04. The van der Waals surface area contributed by atoms with Gasteiger partial charge in [0.05, 0.1) is 11.1 Å². The predicted octanol–water partition coefficient (Wildman–Crippen LogP) is 4.12. The number of anilines is 2. The number of amides is 1. The van der Waals surface area contributed by atoms with E-state index in [9.17, 15) is 22.8 Å². The van der Waals surface area contributed by atoms with Gasteiger partial charge in [0, 0.05) is 53.8 Å². The van der Waals surface area contributed by atoms with Crippen LogP contribution in [0.4, 0.5) is 24.8 Å². The number of benzene rings is 2. The Kier molecular flexibility index (Phi) is 9.69.